The van der Waals surface area contributed by atoms with E-state index in [0.717, 1.165) is 31.6 Å². The summed E-state index contributed by atoms with van der Waals surface area (Å²) in [6.45, 7) is 2.84. The normalized spacial score (nSPS) is 12.3. The van der Waals surface area contributed by atoms with Crippen molar-refractivity contribution in [2.75, 3.05) is 6.61 Å². The van der Waals surface area contributed by atoms with Crippen molar-refractivity contribution in [1.82, 2.24) is 0 Å². The minimum Gasteiger partial charge on any atom is -0.493 e. The first-order chi connectivity index (χ1) is 9.28. The van der Waals surface area contributed by atoms with Gasteiger partial charge in [-0.25, -0.2) is 0 Å². The van der Waals surface area contributed by atoms with Crippen molar-refractivity contribution in [3.8, 4) is 5.75 Å². The molecule has 2 nitrogen and oxygen atoms in total. The van der Waals surface area contributed by atoms with Gasteiger partial charge in [-0.3, -0.25) is 0 Å². The maximum atomic E-state index is 5.98. The molecule has 0 saturated carbocycles. The lowest BCUT2D eigenvalue weighted by Gasteiger charge is -2.11. The molecule has 2 rings (SSSR count). The molecule has 0 bridgehead atoms. The van der Waals surface area contributed by atoms with Crippen LogP contribution in [-0.4, -0.2) is 12.6 Å². The molecule has 0 radical (unpaired) electrons. The zero-order valence-electron chi connectivity index (χ0n) is 11.3. The predicted octanol–water partition coefficient (Wildman–Crippen LogP) is 3.65. The average Bonchev–Trinajstić information content (AvgIpc) is 2.92. The first-order valence-electron chi connectivity index (χ1n) is 6.76. The SMILES string of the molecule is CCC(N)Cc1cccc(OCCc2ccsc2)c1. The monoisotopic (exact) mass is 275 g/mol. The van der Waals surface area contributed by atoms with Crippen LogP contribution in [0.3, 0.4) is 0 Å². The van der Waals surface area contributed by atoms with E-state index in [1.54, 1.807) is 11.3 Å². The highest BCUT2D eigenvalue weighted by atomic mass is 32.1. The number of ether oxygens (including phenoxy) is 1. The molecule has 1 aromatic heterocycles. The Balaban J connectivity index is 1.84. The number of nitrogens with two attached hydrogens (primary N) is 1. The van der Waals surface area contributed by atoms with Gasteiger partial charge in [0.1, 0.15) is 5.75 Å². The molecule has 0 spiro atoms. The Morgan fingerprint density at radius 2 is 2.16 bits per heavy atom. The third-order valence-corrected chi connectivity index (χ3v) is 3.89. The molecule has 0 fully saturated rings. The number of rotatable bonds is 7. The summed E-state index contributed by atoms with van der Waals surface area (Å²) < 4.78 is 5.80. The summed E-state index contributed by atoms with van der Waals surface area (Å²) in [5.74, 6) is 0.941. The number of thiophene rings is 1. The molecule has 2 N–H and O–H groups in total. The molecule has 3 heteroatoms. The molecule has 1 aromatic carbocycles. The van der Waals surface area contributed by atoms with Crippen LogP contribution < -0.4 is 10.5 Å². The molecule has 0 aliphatic rings. The van der Waals surface area contributed by atoms with Crippen molar-refractivity contribution in [2.45, 2.75) is 32.2 Å². The van der Waals surface area contributed by atoms with Crippen molar-refractivity contribution >= 4 is 11.3 Å². The lowest BCUT2D eigenvalue weighted by atomic mass is 10.0. The van der Waals surface area contributed by atoms with Crippen molar-refractivity contribution in [3.05, 3.63) is 52.2 Å². The summed E-state index contributed by atoms with van der Waals surface area (Å²) in [4.78, 5) is 0. The van der Waals surface area contributed by atoms with Gasteiger partial charge >= 0.3 is 0 Å². The largest absolute Gasteiger partial charge is 0.493 e. The number of hydrogen-bond donors (Lipinski definition) is 1. The zero-order valence-corrected chi connectivity index (χ0v) is 12.2. The Labute approximate surface area is 119 Å². The van der Waals surface area contributed by atoms with Gasteiger partial charge in [-0.05, 0) is 52.9 Å². The fourth-order valence-electron chi connectivity index (χ4n) is 1.93. The molecule has 2 aromatic rings. The second kappa shape index (κ2) is 7.31. The second-order valence-corrected chi connectivity index (χ2v) is 5.53. The van der Waals surface area contributed by atoms with E-state index in [1.165, 1.54) is 11.1 Å². The molecular weight excluding hydrogens is 254 g/mol. The standard InChI is InChI=1S/C16H21NOS/c1-2-15(17)10-14-4-3-5-16(11-14)18-8-6-13-7-9-19-12-13/h3-5,7,9,11-12,15H,2,6,8,10,17H2,1H3. The lowest BCUT2D eigenvalue weighted by molar-refractivity contribution is 0.321. The van der Waals surface area contributed by atoms with E-state index >= 15 is 0 Å². The van der Waals surface area contributed by atoms with Crippen LogP contribution in [0, 0.1) is 0 Å². The summed E-state index contributed by atoms with van der Waals surface area (Å²) in [6.07, 6.45) is 2.88. The van der Waals surface area contributed by atoms with Crippen molar-refractivity contribution < 1.29 is 4.74 Å². The Hall–Kier alpha value is -1.32. The number of benzene rings is 1. The van der Waals surface area contributed by atoms with E-state index in [1.807, 2.05) is 12.1 Å². The summed E-state index contributed by atoms with van der Waals surface area (Å²) in [7, 11) is 0. The molecular formula is C16H21NOS. The highest BCUT2D eigenvalue weighted by molar-refractivity contribution is 7.07. The van der Waals surface area contributed by atoms with E-state index in [4.69, 9.17) is 10.5 Å². The molecule has 1 heterocycles. The van der Waals surface area contributed by atoms with E-state index < -0.39 is 0 Å². The fourth-order valence-corrected chi connectivity index (χ4v) is 2.63. The highest BCUT2D eigenvalue weighted by Crippen LogP contribution is 2.16. The molecule has 0 aliphatic carbocycles. The quantitative estimate of drug-likeness (QED) is 0.837. The maximum absolute atomic E-state index is 5.98. The topological polar surface area (TPSA) is 35.2 Å². The van der Waals surface area contributed by atoms with Crippen LogP contribution in [0.5, 0.6) is 5.75 Å². The third-order valence-electron chi connectivity index (χ3n) is 3.16. The average molecular weight is 275 g/mol. The zero-order chi connectivity index (χ0) is 13.5. The lowest BCUT2D eigenvalue weighted by Crippen LogP contribution is -2.21. The molecule has 1 unspecified atom stereocenters. The summed E-state index contributed by atoms with van der Waals surface area (Å²) >= 11 is 1.73. The molecule has 0 aliphatic heterocycles. The van der Waals surface area contributed by atoms with Gasteiger partial charge in [0.25, 0.3) is 0 Å². The Bertz CT molecular complexity index is 481. The summed E-state index contributed by atoms with van der Waals surface area (Å²) in [5.41, 5.74) is 8.57. The predicted molar refractivity (Wildman–Crippen MR) is 81.9 cm³/mol. The molecule has 0 saturated heterocycles. The molecule has 1 atom stereocenters. The molecule has 0 amide bonds. The minimum absolute atomic E-state index is 0.237. The van der Waals surface area contributed by atoms with E-state index in [2.05, 4.69) is 35.9 Å². The smallest absolute Gasteiger partial charge is 0.119 e. The van der Waals surface area contributed by atoms with Crippen molar-refractivity contribution in [2.24, 2.45) is 5.73 Å². The van der Waals surface area contributed by atoms with Gasteiger partial charge in [0, 0.05) is 12.5 Å². The van der Waals surface area contributed by atoms with Crippen LogP contribution in [-0.2, 0) is 12.8 Å². The number of hydrogen-bond acceptors (Lipinski definition) is 3. The van der Waals surface area contributed by atoms with Crippen LogP contribution in [0.1, 0.15) is 24.5 Å². The molecule has 19 heavy (non-hydrogen) atoms. The van der Waals surface area contributed by atoms with Crippen LogP contribution >= 0.6 is 11.3 Å². The maximum Gasteiger partial charge on any atom is 0.119 e. The summed E-state index contributed by atoms with van der Waals surface area (Å²) in [5, 5.41) is 4.27. The van der Waals surface area contributed by atoms with E-state index in [-0.39, 0.29) is 6.04 Å². The van der Waals surface area contributed by atoms with Gasteiger partial charge in [-0.15, -0.1) is 0 Å². The Morgan fingerprint density at radius 3 is 2.89 bits per heavy atom. The van der Waals surface area contributed by atoms with Gasteiger partial charge in [-0.2, -0.15) is 11.3 Å². The first kappa shape index (κ1) is 14.1. The van der Waals surface area contributed by atoms with Gasteiger partial charge < -0.3 is 10.5 Å². The van der Waals surface area contributed by atoms with Crippen molar-refractivity contribution in [1.29, 1.82) is 0 Å². The van der Waals surface area contributed by atoms with Crippen LogP contribution in [0.15, 0.2) is 41.1 Å². The second-order valence-electron chi connectivity index (χ2n) is 4.75. The van der Waals surface area contributed by atoms with Crippen LogP contribution in [0.25, 0.3) is 0 Å². The van der Waals surface area contributed by atoms with Gasteiger partial charge in [0.2, 0.25) is 0 Å². The van der Waals surface area contributed by atoms with Crippen molar-refractivity contribution in [3.63, 3.8) is 0 Å². The first-order valence-corrected chi connectivity index (χ1v) is 7.70. The van der Waals surface area contributed by atoms with Crippen LogP contribution in [0.4, 0.5) is 0 Å². The van der Waals surface area contributed by atoms with Gasteiger partial charge in [-0.1, -0.05) is 19.1 Å². The van der Waals surface area contributed by atoms with Gasteiger partial charge in [0.15, 0.2) is 0 Å². The van der Waals surface area contributed by atoms with Crippen LogP contribution in [0.2, 0.25) is 0 Å². The minimum atomic E-state index is 0.237. The van der Waals surface area contributed by atoms with Gasteiger partial charge in [0.05, 0.1) is 6.61 Å². The highest BCUT2D eigenvalue weighted by Gasteiger charge is 2.03. The van der Waals surface area contributed by atoms with E-state index in [0.29, 0.717) is 0 Å². The fraction of sp³-hybridized carbons (Fsp3) is 0.375. The molecule has 102 valence electrons. The van der Waals surface area contributed by atoms with E-state index in [9.17, 15) is 0 Å². The Morgan fingerprint density at radius 1 is 1.26 bits per heavy atom. The summed E-state index contributed by atoms with van der Waals surface area (Å²) in [6, 6.07) is 10.6. The Kier molecular flexibility index (Phi) is 5.43. The third kappa shape index (κ3) is 4.69.